The van der Waals surface area contributed by atoms with Crippen LogP contribution in [0.25, 0.3) is 33.7 Å². The number of hydrogen-bond donors (Lipinski definition) is 0. The molecule has 0 radical (unpaired) electrons. The minimum Gasteiger partial charge on any atom is -0.436 e. The number of piperazine rings is 1. The monoisotopic (exact) mass is 622 g/mol. The van der Waals surface area contributed by atoms with Crippen molar-refractivity contribution in [3.8, 4) is 22.6 Å². The van der Waals surface area contributed by atoms with Crippen LogP contribution >= 0.6 is 0 Å². The van der Waals surface area contributed by atoms with E-state index in [2.05, 4.69) is 36.6 Å². The number of oxazole rings is 1. The summed E-state index contributed by atoms with van der Waals surface area (Å²) in [4.78, 5) is 26.7. The number of fused-ring (bicyclic) bond motifs is 1. The molecule has 1 atom stereocenters. The third-order valence-corrected chi connectivity index (χ3v) is 8.41. The molecule has 1 aliphatic carbocycles. The summed E-state index contributed by atoms with van der Waals surface area (Å²) in [6, 6.07) is 18.8. The Morgan fingerprint density at radius 2 is 1.76 bits per heavy atom. The van der Waals surface area contributed by atoms with Crippen molar-refractivity contribution in [2.24, 2.45) is 0 Å². The predicted octanol–water partition coefficient (Wildman–Crippen LogP) is 5.02. The number of nitrogens with zero attached hydrogens (tertiary/aromatic N) is 10. The van der Waals surface area contributed by atoms with Crippen molar-refractivity contribution in [1.29, 1.82) is 0 Å². The quantitative estimate of drug-likeness (QED) is 0.230. The van der Waals surface area contributed by atoms with E-state index in [0.29, 0.717) is 59.6 Å². The van der Waals surface area contributed by atoms with Gasteiger partial charge >= 0.3 is 6.55 Å². The molecule has 4 aromatic heterocycles. The number of pyridine rings is 1. The van der Waals surface area contributed by atoms with E-state index >= 15 is 0 Å². The normalized spacial score (nSPS) is 16.4. The van der Waals surface area contributed by atoms with E-state index < -0.39 is 12.6 Å². The van der Waals surface area contributed by atoms with Gasteiger partial charge in [0.05, 0.1) is 18.3 Å². The van der Waals surface area contributed by atoms with Crippen LogP contribution in [0.15, 0.2) is 83.7 Å². The largest absolute Gasteiger partial charge is 0.436 e. The molecule has 1 saturated heterocycles. The summed E-state index contributed by atoms with van der Waals surface area (Å²) in [6.45, 7) is -1.13. The van der Waals surface area contributed by atoms with Gasteiger partial charge in [-0.1, -0.05) is 41.2 Å². The minimum atomic E-state index is -2.88. The second kappa shape index (κ2) is 11.5. The highest BCUT2D eigenvalue weighted by molar-refractivity contribution is 5.93. The second-order valence-corrected chi connectivity index (χ2v) is 11.5. The Kier molecular flexibility index (Phi) is 7.05. The van der Waals surface area contributed by atoms with Crippen LogP contribution in [-0.2, 0) is 0 Å². The third-order valence-electron chi connectivity index (χ3n) is 8.41. The zero-order chi connectivity index (χ0) is 31.2. The molecule has 2 aromatic carbocycles. The van der Waals surface area contributed by atoms with E-state index in [0.717, 1.165) is 16.7 Å². The topological polar surface area (TPSA) is 124 Å². The predicted molar refractivity (Wildman–Crippen MR) is 162 cm³/mol. The lowest BCUT2D eigenvalue weighted by molar-refractivity contribution is 0.0385. The molecule has 12 nitrogen and oxygen atoms in total. The highest BCUT2D eigenvalue weighted by Crippen LogP contribution is 2.36. The van der Waals surface area contributed by atoms with Crippen LogP contribution < -0.4 is 0 Å². The van der Waals surface area contributed by atoms with Gasteiger partial charge in [-0.15, -0.1) is 10.2 Å². The fraction of sp³-hybridized carbons (Fsp3) is 0.281. The summed E-state index contributed by atoms with van der Waals surface area (Å²) in [5.41, 5.74) is 5.17. The SMILES string of the molecule is O=C(c1cc(-c2nc3cc(-c4cnn(C5CC5)c4)ccc3o2)ccn1)N1CCN([C@H](c2ccccc2)c2nnn(C(F)F)n2)CC1. The van der Waals surface area contributed by atoms with Crippen molar-refractivity contribution in [3.63, 3.8) is 0 Å². The zero-order valence-electron chi connectivity index (χ0n) is 24.5. The fourth-order valence-electron chi connectivity index (χ4n) is 5.87. The molecule has 1 saturated carbocycles. The lowest BCUT2D eigenvalue weighted by Crippen LogP contribution is -2.50. The van der Waals surface area contributed by atoms with Gasteiger partial charge in [-0.05, 0) is 53.4 Å². The summed E-state index contributed by atoms with van der Waals surface area (Å²) in [7, 11) is 0. The highest BCUT2D eigenvalue weighted by Gasteiger charge is 2.32. The summed E-state index contributed by atoms with van der Waals surface area (Å²) < 4.78 is 34.5. The van der Waals surface area contributed by atoms with Crippen molar-refractivity contribution in [3.05, 3.63) is 96.3 Å². The Hall–Kier alpha value is -5.37. The lowest BCUT2D eigenvalue weighted by Gasteiger charge is -2.38. The van der Waals surface area contributed by atoms with E-state index in [4.69, 9.17) is 9.40 Å². The van der Waals surface area contributed by atoms with Crippen molar-refractivity contribution >= 4 is 17.0 Å². The Bertz CT molecular complexity index is 2010. The van der Waals surface area contributed by atoms with Crippen LogP contribution in [0.2, 0.25) is 0 Å². The molecular formula is C32H28F2N10O2. The minimum absolute atomic E-state index is 0.180. The molecule has 5 heterocycles. The van der Waals surface area contributed by atoms with Gasteiger partial charge in [0, 0.05) is 49.7 Å². The lowest BCUT2D eigenvalue weighted by atomic mass is 10.0. The number of carbonyl (C=O) groups excluding carboxylic acids is 1. The Morgan fingerprint density at radius 3 is 2.52 bits per heavy atom. The van der Waals surface area contributed by atoms with Crippen molar-refractivity contribution in [1.82, 2.24) is 49.8 Å². The summed E-state index contributed by atoms with van der Waals surface area (Å²) >= 11 is 0. The average molecular weight is 623 g/mol. The van der Waals surface area contributed by atoms with Gasteiger partial charge < -0.3 is 9.32 Å². The molecule has 0 spiro atoms. The Labute approximate surface area is 261 Å². The highest BCUT2D eigenvalue weighted by atomic mass is 19.3. The second-order valence-electron chi connectivity index (χ2n) is 11.5. The standard InChI is InChI=1S/C32H28F2N10O2/c33-32(34)44-39-29(38-40-44)28(20-4-2-1-3-5-20)41-12-14-42(15-13-41)31(45)26-17-22(10-11-35-26)30-37-25-16-21(6-9-27(25)46-30)23-18-36-43(19-23)24-7-8-24/h1-6,9-11,16-19,24,28,32H,7-8,12-15H2/t28-/m1/s1. The van der Waals surface area contributed by atoms with Crippen LogP contribution in [0, 0.1) is 0 Å². The molecule has 46 heavy (non-hydrogen) atoms. The van der Waals surface area contributed by atoms with Crippen LogP contribution in [0.1, 0.15) is 53.4 Å². The van der Waals surface area contributed by atoms with Gasteiger partial charge in [-0.25, -0.2) is 4.98 Å². The summed E-state index contributed by atoms with van der Waals surface area (Å²) in [5, 5.41) is 15.9. The number of carbonyl (C=O) groups is 1. The molecule has 232 valence electrons. The molecule has 0 bridgehead atoms. The maximum Gasteiger partial charge on any atom is 0.350 e. The van der Waals surface area contributed by atoms with Gasteiger partial charge in [0.25, 0.3) is 5.91 Å². The van der Waals surface area contributed by atoms with E-state index in [1.165, 1.54) is 12.8 Å². The van der Waals surface area contributed by atoms with Crippen LogP contribution in [0.3, 0.4) is 0 Å². The van der Waals surface area contributed by atoms with Crippen molar-refractivity contribution in [2.75, 3.05) is 26.2 Å². The number of amides is 1. The first-order valence-electron chi connectivity index (χ1n) is 15.1. The number of halogens is 2. The molecule has 2 aliphatic rings. The molecule has 2 fully saturated rings. The maximum absolute atomic E-state index is 13.6. The Balaban J connectivity index is 0.980. The number of hydrogen-bond acceptors (Lipinski definition) is 9. The molecule has 8 rings (SSSR count). The number of tetrazole rings is 1. The number of rotatable bonds is 8. The summed E-state index contributed by atoms with van der Waals surface area (Å²) in [5.74, 6) is 0.363. The van der Waals surface area contributed by atoms with Gasteiger partial charge in [0.15, 0.2) is 11.4 Å². The fourth-order valence-corrected chi connectivity index (χ4v) is 5.87. The smallest absolute Gasteiger partial charge is 0.350 e. The molecule has 14 heteroatoms. The average Bonchev–Trinajstić information content (AvgIpc) is 3.45. The van der Waals surface area contributed by atoms with E-state index in [9.17, 15) is 13.6 Å². The van der Waals surface area contributed by atoms with Crippen molar-refractivity contribution < 1.29 is 18.0 Å². The van der Waals surface area contributed by atoms with Gasteiger partial charge in [0.2, 0.25) is 5.89 Å². The molecule has 6 aromatic rings. The molecular weight excluding hydrogens is 594 g/mol. The number of aromatic nitrogens is 8. The van der Waals surface area contributed by atoms with Gasteiger partial charge in [0.1, 0.15) is 11.2 Å². The maximum atomic E-state index is 13.6. The van der Waals surface area contributed by atoms with E-state index in [1.54, 1.807) is 23.2 Å². The molecule has 0 unspecified atom stereocenters. The first kappa shape index (κ1) is 28.1. The van der Waals surface area contributed by atoms with E-state index in [-0.39, 0.29) is 17.4 Å². The molecule has 1 amide bonds. The zero-order valence-corrected chi connectivity index (χ0v) is 24.5. The van der Waals surface area contributed by atoms with Crippen LogP contribution in [0.4, 0.5) is 8.78 Å². The Morgan fingerprint density at radius 1 is 0.935 bits per heavy atom. The first-order chi connectivity index (χ1) is 22.5. The van der Waals surface area contributed by atoms with E-state index in [1.807, 2.05) is 59.4 Å². The van der Waals surface area contributed by atoms with Crippen molar-refractivity contribution in [2.45, 2.75) is 31.5 Å². The molecule has 0 N–H and O–H groups in total. The van der Waals surface area contributed by atoms with Gasteiger partial charge in [-0.3, -0.25) is 19.4 Å². The number of alkyl halides is 2. The first-order valence-corrected chi connectivity index (χ1v) is 15.1. The van der Waals surface area contributed by atoms with Crippen LogP contribution in [-0.4, -0.2) is 81.8 Å². The number of benzene rings is 2. The van der Waals surface area contributed by atoms with Crippen LogP contribution in [0.5, 0.6) is 0 Å². The molecule has 1 aliphatic heterocycles. The van der Waals surface area contributed by atoms with Gasteiger partial charge in [-0.2, -0.15) is 13.9 Å². The third kappa shape index (κ3) is 5.40. The summed E-state index contributed by atoms with van der Waals surface area (Å²) in [6.07, 6.45) is 7.86.